The topological polar surface area (TPSA) is 305 Å². The highest BCUT2D eigenvalue weighted by atomic mass is 16.8. The van der Waals surface area contributed by atoms with E-state index in [2.05, 4.69) is 62.6 Å². The Bertz CT molecular complexity index is 2670. The molecular weight excluding hydrogens is 997 g/mol. The van der Waals surface area contributed by atoms with Crippen molar-refractivity contribution in [3.63, 3.8) is 0 Å². The zero-order valence-electron chi connectivity index (χ0n) is 45.0. The lowest BCUT2D eigenvalue weighted by Gasteiger charge is -2.70. The molecule has 4 saturated carbocycles. The lowest BCUT2D eigenvalue weighted by Crippen LogP contribution is -2.68. The molecule has 2 aromatic carbocycles. The number of phenolic OH excluding ortho intramolecular Hbond substituents is 2. The van der Waals surface area contributed by atoms with Crippen LogP contribution in [0.1, 0.15) is 117 Å². The fourth-order valence-electron chi connectivity index (χ4n) is 15.2. The number of carbonyl (C=O) groups is 4. The fraction of sp³-hybridized carbons (Fsp3) is 0.649. The van der Waals surface area contributed by atoms with Crippen molar-refractivity contribution in [1.82, 2.24) is 10.9 Å². The number of hydrogen-bond acceptors (Lipinski definition) is 18. The van der Waals surface area contributed by atoms with E-state index in [1.165, 1.54) is 55.9 Å². The summed E-state index contributed by atoms with van der Waals surface area (Å²) >= 11 is 0. The van der Waals surface area contributed by atoms with Gasteiger partial charge in [0, 0.05) is 5.92 Å². The molecule has 9 rings (SSSR count). The average Bonchev–Trinajstić information content (AvgIpc) is 3.57. The van der Waals surface area contributed by atoms with Crippen molar-refractivity contribution in [1.29, 1.82) is 0 Å². The SMILES string of the molecule is COC(=O)[C@@]1(C)CC[C@]2(C)CC[C@]3(C)C(=CC(=O)[C@@H]4[C@@]5(C)CC[C@H](O[C@H]6O[C@H](C(=O)N/N=C/c7ccc(O)cc7)[C@@H](O)[C@H](O)[C@H]6O[C@@H]6O[C@H](C(=O)N/N=C/c7ccc(O)cc7)[C@@H](O)[C@H](O)[C@H]6O)C(C)(C)[C@@H]5CC[C@]43C)[C@@H]2C1. The van der Waals surface area contributed by atoms with Crippen molar-refractivity contribution in [3.05, 3.63) is 71.3 Å². The summed E-state index contributed by atoms with van der Waals surface area (Å²) in [6.07, 6.45) is -8.93. The molecule has 6 fully saturated rings. The molecule has 2 amide bonds. The zero-order valence-corrected chi connectivity index (χ0v) is 45.0. The predicted octanol–water partition coefficient (Wildman–Crippen LogP) is 3.88. The largest absolute Gasteiger partial charge is 0.508 e. The number of benzene rings is 2. The number of hydrazone groups is 2. The van der Waals surface area contributed by atoms with Crippen LogP contribution < -0.4 is 10.9 Å². The minimum Gasteiger partial charge on any atom is -0.508 e. The van der Waals surface area contributed by atoms with Gasteiger partial charge in [-0.05, 0) is 169 Å². The number of rotatable bonds is 11. The molecule has 5 aliphatic carbocycles. The number of aliphatic hydroxyl groups is 5. The summed E-state index contributed by atoms with van der Waals surface area (Å²) in [7, 11) is 1.44. The highest BCUT2D eigenvalue weighted by Crippen LogP contribution is 2.75. The van der Waals surface area contributed by atoms with Gasteiger partial charge in [0.2, 0.25) is 0 Å². The van der Waals surface area contributed by atoms with E-state index in [-0.39, 0.29) is 51.8 Å². The Hall–Kier alpha value is -5.16. The number of aliphatic hydroxyl groups excluding tert-OH is 5. The van der Waals surface area contributed by atoms with Crippen LogP contribution >= 0.6 is 0 Å². The van der Waals surface area contributed by atoms with Gasteiger partial charge >= 0.3 is 5.97 Å². The molecule has 19 atom stereocenters. The molecule has 20 nitrogen and oxygen atoms in total. The molecule has 0 bridgehead atoms. The van der Waals surface area contributed by atoms with E-state index in [4.69, 9.17) is 23.7 Å². The first-order chi connectivity index (χ1) is 36.2. The quantitative estimate of drug-likeness (QED) is 0.0668. The monoisotopic (exact) mass is 1070 g/mol. The summed E-state index contributed by atoms with van der Waals surface area (Å²) in [5.74, 6) is -2.53. The second kappa shape index (κ2) is 20.8. The second-order valence-corrected chi connectivity index (χ2v) is 24.8. The summed E-state index contributed by atoms with van der Waals surface area (Å²) in [5, 5.41) is 83.9. The minimum atomic E-state index is -2.04. The number of hydrogen-bond donors (Lipinski definition) is 9. The van der Waals surface area contributed by atoms with Crippen LogP contribution in [0.4, 0.5) is 0 Å². The van der Waals surface area contributed by atoms with Gasteiger partial charge in [0.1, 0.15) is 48.1 Å². The lowest BCUT2D eigenvalue weighted by molar-refractivity contribution is -0.369. The van der Waals surface area contributed by atoms with Gasteiger partial charge in [0.05, 0.1) is 31.1 Å². The molecule has 9 N–H and O–H groups in total. The van der Waals surface area contributed by atoms with Crippen LogP contribution in [0, 0.1) is 50.2 Å². The van der Waals surface area contributed by atoms with Crippen molar-refractivity contribution in [3.8, 4) is 11.5 Å². The molecule has 77 heavy (non-hydrogen) atoms. The standard InChI is InChI=1S/C57H76N4O16/c1-52(2)36-17-20-57(7)46(35(64)25-33-34-26-54(4,51(72)73-8)22-21-53(34,3)23-24-56(33,57)6)55(36,5)19-18-37(52)74-50-45(41(68)40(67)44(76-50)48(71)61-59-28-30-11-15-32(63)16-12-30)77-49-42(69)38(65)39(66)43(75-49)47(70)60-58-27-29-9-13-31(62)14-10-29/h9-16,25,27-28,34,36-46,49-50,62-63,65-69H,17-24,26H2,1-8H3,(H,60,70)(H,61,71)/b58-27+,59-28+/t34-,36-,37-,38-,39-,40-,41-,42+,43-,44-,45+,46+,49-,50-,53+,54-,55-,56+,57+/m0/s1. The number of nitrogens with one attached hydrogen (secondary N) is 2. The molecule has 2 aromatic rings. The number of amides is 2. The van der Waals surface area contributed by atoms with E-state index < -0.39 is 101 Å². The number of nitrogens with zero attached hydrogens (tertiary/aromatic N) is 2. The molecule has 0 unspecified atom stereocenters. The maximum Gasteiger partial charge on any atom is 0.311 e. The van der Waals surface area contributed by atoms with Gasteiger partial charge in [-0.25, -0.2) is 10.9 Å². The Morgan fingerprint density at radius 1 is 0.662 bits per heavy atom. The zero-order chi connectivity index (χ0) is 55.8. The summed E-state index contributed by atoms with van der Waals surface area (Å²) in [6.45, 7) is 15.3. The smallest absolute Gasteiger partial charge is 0.311 e. The highest BCUT2D eigenvalue weighted by molar-refractivity contribution is 5.96. The number of fused-ring (bicyclic) bond motifs is 7. The highest BCUT2D eigenvalue weighted by Gasteiger charge is 2.71. The van der Waals surface area contributed by atoms with Crippen molar-refractivity contribution in [2.75, 3.05) is 7.11 Å². The van der Waals surface area contributed by atoms with Crippen molar-refractivity contribution >= 4 is 36.0 Å². The number of phenols is 2. The molecule has 420 valence electrons. The molecule has 2 heterocycles. The summed E-state index contributed by atoms with van der Waals surface area (Å²) in [6, 6.07) is 11.8. The first-order valence-electron chi connectivity index (χ1n) is 26.8. The maximum absolute atomic E-state index is 15.2. The number of aromatic hydroxyl groups is 2. The first kappa shape index (κ1) is 56.6. The van der Waals surface area contributed by atoms with E-state index in [1.807, 2.05) is 13.0 Å². The van der Waals surface area contributed by atoms with Crippen molar-refractivity contribution in [2.24, 2.45) is 60.4 Å². The Kier molecular flexibility index (Phi) is 15.3. The number of esters is 1. The Balaban J connectivity index is 0.981. The van der Waals surface area contributed by atoms with Crippen molar-refractivity contribution < 1.29 is 78.6 Å². The van der Waals surface area contributed by atoms with E-state index in [1.54, 1.807) is 12.1 Å². The average molecular weight is 1070 g/mol. The number of ketones is 1. The second-order valence-electron chi connectivity index (χ2n) is 24.8. The maximum atomic E-state index is 15.2. The summed E-state index contributed by atoms with van der Waals surface area (Å²) in [5.41, 5.74) is 4.00. The third kappa shape index (κ3) is 9.83. The summed E-state index contributed by atoms with van der Waals surface area (Å²) < 4.78 is 30.4. The third-order valence-corrected chi connectivity index (χ3v) is 20.0. The molecule has 2 saturated heterocycles. The Morgan fingerprint density at radius 2 is 1.21 bits per heavy atom. The van der Waals surface area contributed by atoms with Crippen LogP contribution in [0.3, 0.4) is 0 Å². The number of ether oxygens (including phenoxy) is 5. The molecule has 20 heteroatoms. The molecule has 0 radical (unpaired) electrons. The number of methoxy groups -OCH3 is 1. The van der Waals surface area contributed by atoms with E-state index in [0.29, 0.717) is 30.4 Å². The Morgan fingerprint density at radius 3 is 1.78 bits per heavy atom. The van der Waals surface area contributed by atoms with Crippen LogP contribution in [0.15, 0.2) is 70.4 Å². The van der Waals surface area contributed by atoms with Crippen LogP contribution in [0.5, 0.6) is 11.5 Å². The lowest BCUT2D eigenvalue weighted by atomic mass is 9.33. The number of allylic oxidation sites excluding steroid dienone is 2. The van der Waals surface area contributed by atoms with Gasteiger partial charge in [-0.1, -0.05) is 47.1 Å². The summed E-state index contributed by atoms with van der Waals surface area (Å²) in [4.78, 5) is 55.7. The molecular formula is C57H76N4O16. The van der Waals surface area contributed by atoms with Gasteiger partial charge in [0.15, 0.2) is 30.6 Å². The van der Waals surface area contributed by atoms with Gasteiger partial charge < -0.3 is 59.4 Å². The van der Waals surface area contributed by atoms with Gasteiger partial charge in [-0.2, -0.15) is 10.2 Å². The predicted molar refractivity (Wildman–Crippen MR) is 276 cm³/mol. The van der Waals surface area contributed by atoms with Crippen LogP contribution in [-0.2, 0) is 42.9 Å². The van der Waals surface area contributed by atoms with Gasteiger partial charge in [-0.3, -0.25) is 19.2 Å². The molecule has 0 aromatic heterocycles. The van der Waals surface area contributed by atoms with E-state index in [0.717, 1.165) is 44.1 Å². The van der Waals surface area contributed by atoms with E-state index >= 15 is 4.79 Å². The van der Waals surface area contributed by atoms with Gasteiger partial charge in [0.25, 0.3) is 11.8 Å². The van der Waals surface area contributed by atoms with Crippen LogP contribution in [0.2, 0.25) is 0 Å². The number of carbonyl (C=O) groups excluding carboxylic acids is 4. The van der Waals surface area contributed by atoms with Crippen LogP contribution in [0.25, 0.3) is 0 Å². The first-order valence-corrected chi connectivity index (χ1v) is 26.8. The molecule has 0 spiro atoms. The third-order valence-electron chi connectivity index (χ3n) is 20.0. The molecule has 7 aliphatic rings. The minimum absolute atomic E-state index is 0.0109. The van der Waals surface area contributed by atoms with Gasteiger partial charge in [-0.15, -0.1) is 0 Å². The molecule has 2 aliphatic heterocycles. The van der Waals surface area contributed by atoms with E-state index in [9.17, 15) is 50.1 Å². The normalized spacial score (nSPS) is 42.5. The van der Waals surface area contributed by atoms with Crippen LogP contribution in [-0.4, -0.2) is 146 Å². The van der Waals surface area contributed by atoms with Crippen molar-refractivity contribution in [2.45, 2.75) is 174 Å². The Labute approximate surface area is 448 Å². The fourth-order valence-corrected chi connectivity index (χ4v) is 15.2.